The molecule has 0 saturated carbocycles. The average molecular weight is 384 g/mol. The van der Waals surface area contributed by atoms with E-state index in [4.69, 9.17) is 4.74 Å². The standard InChI is InChI=1S/C24H20N2O3/c1-29-24(28)22(15-16-10-11-17-6-2-3-8-19(17)14-16)26-23(27)21-13-12-18-7-4-5-9-20(18)25-21/h2-14,22H,15H2,1H3,(H,26,27)/t22-/m1/s1. The molecule has 4 aromatic rings. The Morgan fingerprint density at radius 2 is 1.59 bits per heavy atom. The molecule has 0 saturated heterocycles. The molecule has 1 N–H and O–H groups in total. The molecular weight excluding hydrogens is 364 g/mol. The van der Waals surface area contributed by atoms with Crippen molar-refractivity contribution in [1.82, 2.24) is 10.3 Å². The molecule has 0 fully saturated rings. The van der Waals surface area contributed by atoms with E-state index in [9.17, 15) is 9.59 Å². The number of nitrogens with one attached hydrogen (secondary N) is 1. The number of aromatic nitrogens is 1. The number of hydrogen-bond donors (Lipinski definition) is 1. The molecule has 0 aliphatic heterocycles. The van der Waals surface area contributed by atoms with E-state index in [1.54, 1.807) is 6.07 Å². The monoisotopic (exact) mass is 384 g/mol. The Balaban J connectivity index is 1.57. The fourth-order valence-corrected chi connectivity index (χ4v) is 3.36. The predicted molar refractivity (Wildman–Crippen MR) is 113 cm³/mol. The lowest BCUT2D eigenvalue weighted by atomic mass is 10.0. The van der Waals surface area contributed by atoms with Crippen LogP contribution in [-0.2, 0) is 16.0 Å². The highest BCUT2D eigenvalue weighted by molar-refractivity contribution is 5.97. The van der Waals surface area contributed by atoms with Crippen molar-refractivity contribution in [2.75, 3.05) is 7.11 Å². The van der Waals surface area contributed by atoms with E-state index in [0.717, 1.165) is 27.2 Å². The van der Waals surface area contributed by atoms with Crippen molar-refractivity contribution >= 4 is 33.6 Å². The van der Waals surface area contributed by atoms with Gasteiger partial charge in [0.25, 0.3) is 5.91 Å². The third-order valence-electron chi connectivity index (χ3n) is 4.88. The average Bonchev–Trinajstić information content (AvgIpc) is 2.77. The van der Waals surface area contributed by atoms with Crippen molar-refractivity contribution in [3.63, 3.8) is 0 Å². The van der Waals surface area contributed by atoms with E-state index in [-0.39, 0.29) is 5.69 Å². The predicted octanol–water partition coefficient (Wildman–Crippen LogP) is 3.90. The quantitative estimate of drug-likeness (QED) is 0.530. The molecule has 1 aromatic heterocycles. The molecule has 0 radical (unpaired) electrons. The van der Waals surface area contributed by atoms with Gasteiger partial charge in [0.2, 0.25) is 0 Å². The largest absolute Gasteiger partial charge is 0.467 e. The van der Waals surface area contributed by atoms with Gasteiger partial charge in [0.05, 0.1) is 12.6 Å². The lowest BCUT2D eigenvalue weighted by Crippen LogP contribution is -2.43. The van der Waals surface area contributed by atoms with Crippen LogP contribution in [0.5, 0.6) is 0 Å². The van der Waals surface area contributed by atoms with Crippen LogP contribution in [0.3, 0.4) is 0 Å². The van der Waals surface area contributed by atoms with Crippen molar-refractivity contribution in [3.8, 4) is 0 Å². The number of methoxy groups -OCH3 is 1. The van der Waals surface area contributed by atoms with E-state index in [1.165, 1.54) is 7.11 Å². The van der Waals surface area contributed by atoms with Gasteiger partial charge in [-0.25, -0.2) is 9.78 Å². The maximum atomic E-state index is 12.7. The smallest absolute Gasteiger partial charge is 0.328 e. The summed E-state index contributed by atoms with van der Waals surface area (Å²) in [6.45, 7) is 0. The highest BCUT2D eigenvalue weighted by Crippen LogP contribution is 2.17. The molecule has 1 atom stereocenters. The normalized spacial score (nSPS) is 11.9. The van der Waals surface area contributed by atoms with Crippen molar-refractivity contribution in [2.24, 2.45) is 0 Å². The summed E-state index contributed by atoms with van der Waals surface area (Å²) < 4.78 is 4.90. The molecule has 0 aliphatic rings. The molecule has 1 heterocycles. The fraction of sp³-hybridized carbons (Fsp3) is 0.125. The first kappa shape index (κ1) is 18.6. The minimum absolute atomic E-state index is 0.260. The van der Waals surface area contributed by atoms with Crippen LogP contribution in [-0.4, -0.2) is 30.0 Å². The first-order valence-corrected chi connectivity index (χ1v) is 9.36. The Bertz CT molecular complexity index is 1200. The zero-order chi connectivity index (χ0) is 20.2. The molecule has 0 bridgehead atoms. The van der Waals surface area contributed by atoms with Crippen molar-refractivity contribution in [3.05, 3.63) is 90.1 Å². The van der Waals surface area contributed by atoms with Crippen molar-refractivity contribution in [1.29, 1.82) is 0 Å². The number of esters is 1. The Morgan fingerprint density at radius 1 is 0.897 bits per heavy atom. The lowest BCUT2D eigenvalue weighted by molar-refractivity contribution is -0.142. The van der Waals surface area contributed by atoms with Gasteiger partial charge in [-0.05, 0) is 28.5 Å². The maximum absolute atomic E-state index is 12.7. The van der Waals surface area contributed by atoms with Gasteiger partial charge < -0.3 is 10.1 Å². The molecule has 1 amide bonds. The van der Waals surface area contributed by atoms with Gasteiger partial charge in [0.15, 0.2) is 0 Å². The van der Waals surface area contributed by atoms with E-state index < -0.39 is 17.9 Å². The van der Waals surface area contributed by atoms with Gasteiger partial charge in [-0.3, -0.25) is 4.79 Å². The number of carbonyl (C=O) groups excluding carboxylic acids is 2. The highest BCUT2D eigenvalue weighted by atomic mass is 16.5. The number of carbonyl (C=O) groups is 2. The SMILES string of the molecule is COC(=O)[C@@H](Cc1ccc2ccccc2c1)NC(=O)c1ccc2ccccc2n1. The molecule has 0 aliphatic carbocycles. The Labute approximate surface area is 168 Å². The Morgan fingerprint density at radius 3 is 2.38 bits per heavy atom. The van der Waals surface area contributed by atoms with Gasteiger partial charge in [-0.15, -0.1) is 0 Å². The molecule has 0 spiro atoms. The lowest BCUT2D eigenvalue weighted by Gasteiger charge is -2.17. The molecular formula is C24H20N2O3. The Hall–Kier alpha value is -3.73. The van der Waals surface area contributed by atoms with Crippen LogP contribution in [0.2, 0.25) is 0 Å². The zero-order valence-corrected chi connectivity index (χ0v) is 16.0. The summed E-state index contributed by atoms with van der Waals surface area (Å²) in [5.74, 6) is -0.903. The number of fused-ring (bicyclic) bond motifs is 2. The van der Waals surface area contributed by atoms with Crippen LogP contribution in [0.15, 0.2) is 78.9 Å². The molecule has 29 heavy (non-hydrogen) atoms. The van der Waals surface area contributed by atoms with Crippen molar-refractivity contribution < 1.29 is 14.3 Å². The van der Waals surface area contributed by atoms with Gasteiger partial charge >= 0.3 is 5.97 Å². The van der Waals surface area contributed by atoms with Crippen LogP contribution >= 0.6 is 0 Å². The van der Waals surface area contributed by atoms with E-state index in [2.05, 4.69) is 10.3 Å². The second kappa shape index (κ2) is 8.10. The number of para-hydroxylation sites is 1. The number of pyridine rings is 1. The number of ether oxygens (including phenoxy) is 1. The number of rotatable bonds is 5. The molecule has 3 aromatic carbocycles. The third-order valence-corrected chi connectivity index (χ3v) is 4.88. The van der Waals surface area contributed by atoms with Crippen LogP contribution in [0, 0.1) is 0 Å². The minimum atomic E-state index is -0.804. The van der Waals surface area contributed by atoms with E-state index in [1.807, 2.05) is 72.8 Å². The molecule has 0 unspecified atom stereocenters. The van der Waals surface area contributed by atoms with Crippen LogP contribution < -0.4 is 5.32 Å². The zero-order valence-electron chi connectivity index (χ0n) is 16.0. The van der Waals surface area contributed by atoms with Crippen LogP contribution in [0.1, 0.15) is 16.1 Å². The first-order valence-electron chi connectivity index (χ1n) is 9.36. The van der Waals surface area contributed by atoms with E-state index in [0.29, 0.717) is 6.42 Å². The number of hydrogen-bond acceptors (Lipinski definition) is 4. The summed E-state index contributed by atoms with van der Waals surface area (Å²) in [4.78, 5) is 29.4. The summed E-state index contributed by atoms with van der Waals surface area (Å²) in [7, 11) is 1.32. The van der Waals surface area contributed by atoms with E-state index >= 15 is 0 Å². The fourth-order valence-electron chi connectivity index (χ4n) is 3.36. The molecule has 144 valence electrons. The molecule has 5 nitrogen and oxygen atoms in total. The van der Waals surface area contributed by atoms with Gasteiger partial charge in [0.1, 0.15) is 11.7 Å². The summed E-state index contributed by atoms with van der Waals surface area (Å²) in [5.41, 5.74) is 1.92. The number of benzene rings is 3. The van der Waals surface area contributed by atoms with Gasteiger partial charge in [0, 0.05) is 11.8 Å². The summed E-state index contributed by atoms with van der Waals surface area (Å²) in [6, 6.07) is 24.2. The van der Waals surface area contributed by atoms with Gasteiger partial charge in [-0.2, -0.15) is 0 Å². The van der Waals surface area contributed by atoms with Crippen LogP contribution in [0.4, 0.5) is 0 Å². The van der Waals surface area contributed by atoms with Crippen molar-refractivity contribution in [2.45, 2.75) is 12.5 Å². The third kappa shape index (κ3) is 4.09. The summed E-state index contributed by atoms with van der Waals surface area (Å²) in [6.07, 6.45) is 0.330. The van der Waals surface area contributed by atoms with Gasteiger partial charge in [-0.1, -0.05) is 66.7 Å². The second-order valence-electron chi connectivity index (χ2n) is 6.82. The number of amides is 1. The first-order chi connectivity index (χ1) is 14.1. The van der Waals surface area contributed by atoms with Crippen LogP contribution in [0.25, 0.3) is 21.7 Å². The highest BCUT2D eigenvalue weighted by Gasteiger charge is 2.23. The maximum Gasteiger partial charge on any atom is 0.328 e. The minimum Gasteiger partial charge on any atom is -0.467 e. The molecule has 5 heteroatoms. The summed E-state index contributed by atoms with van der Waals surface area (Å²) >= 11 is 0. The number of nitrogens with zero attached hydrogens (tertiary/aromatic N) is 1. The topological polar surface area (TPSA) is 68.3 Å². The summed E-state index contributed by atoms with van der Waals surface area (Å²) in [5, 5.41) is 5.92. The Kier molecular flexibility index (Phi) is 5.20. The molecule has 4 rings (SSSR count). The second-order valence-corrected chi connectivity index (χ2v) is 6.82.